The van der Waals surface area contributed by atoms with E-state index in [1.165, 1.54) is 0 Å². The SMILES string of the molecule is COc1cc(C=CC(=O)N2CCN(CCOC=O)CC2)cc(OC)c1OC. The molecule has 1 saturated heterocycles. The number of benzene rings is 1. The van der Waals surface area contributed by atoms with Crippen LogP contribution in [-0.2, 0) is 14.3 Å². The molecule has 1 fully saturated rings. The van der Waals surface area contributed by atoms with Gasteiger partial charge >= 0.3 is 0 Å². The van der Waals surface area contributed by atoms with Crippen LogP contribution in [0.15, 0.2) is 18.2 Å². The highest BCUT2D eigenvalue weighted by Gasteiger charge is 2.19. The summed E-state index contributed by atoms with van der Waals surface area (Å²) < 4.78 is 20.7. The Morgan fingerprint density at radius 2 is 1.67 bits per heavy atom. The normalized spacial score (nSPS) is 14.9. The molecule has 0 aromatic heterocycles. The van der Waals surface area contributed by atoms with E-state index in [9.17, 15) is 9.59 Å². The molecular weight excluding hydrogens is 352 g/mol. The van der Waals surface area contributed by atoms with Crippen molar-refractivity contribution in [3.8, 4) is 17.2 Å². The molecular formula is C19H26N2O6. The van der Waals surface area contributed by atoms with Crippen LogP contribution in [0.3, 0.4) is 0 Å². The van der Waals surface area contributed by atoms with Gasteiger partial charge in [0.1, 0.15) is 6.61 Å². The number of hydrogen-bond acceptors (Lipinski definition) is 7. The zero-order chi connectivity index (χ0) is 19.6. The number of hydrogen-bond donors (Lipinski definition) is 0. The van der Waals surface area contributed by atoms with E-state index in [2.05, 4.69) is 4.90 Å². The summed E-state index contributed by atoms with van der Waals surface area (Å²) in [5, 5.41) is 0. The highest BCUT2D eigenvalue weighted by atomic mass is 16.5. The molecule has 1 aromatic carbocycles. The van der Waals surface area contributed by atoms with E-state index in [-0.39, 0.29) is 5.91 Å². The Hall–Kier alpha value is -2.74. The molecule has 1 heterocycles. The predicted molar refractivity (Wildman–Crippen MR) is 100 cm³/mol. The summed E-state index contributed by atoms with van der Waals surface area (Å²) in [5.74, 6) is 1.54. The fourth-order valence-electron chi connectivity index (χ4n) is 2.89. The Morgan fingerprint density at radius 1 is 1.04 bits per heavy atom. The largest absolute Gasteiger partial charge is 0.493 e. The third kappa shape index (κ3) is 5.62. The molecule has 0 spiro atoms. The van der Waals surface area contributed by atoms with E-state index in [1.807, 2.05) is 0 Å². The van der Waals surface area contributed by atoms with Crippen LogP contribution in [-0.4, -0.2) is 82.8 Å². The number of piperazine rings is 1. The predicted octanol–water partition coefficient (Wildman–Crippen LogP) is 1.04. The molecule has 0 N–H and O–H groups in total. The van der Waals surface area contributed by atoms with Gasteiger partial charge in [0.05, 0.1) is 21.3 Å². The van der Waals surface area contributed by atoms with Crippen molar-refractivity contribution in [1.29, 1.82) is 0 Å². The van der Waals surface area contributed by atoms with Crippen molar-refractivity contribution in [2.45, 2.75) is 0 Å². The van der Waals surface area contributed by atoms with E-state index >= 15 is 0 Å². The summed E-state index contributed by atoms with van der Waals surface area (Å²) in [6.45, 7) is 4.30. The lowest BCUT2D eigenvalue weighted by molar-refractivity contribution is -0.129. The van der Waals surface area contributed by atoms with Gasteiger partial charge in [-0.25, -0.2) is 0 Å². The van der Waals surface area contributed by atoms with E-state index in [1.54, 1.807) is 50.5 Å². The number of rotatable bonds is 9. The minimum absolute atomic E-state index is 0.0486. The maximum atomic E-state index is 12.4. The second-order valence-electron chi connectivity index (χ2n) is 5.93. The van der Waals surface area contributed by atoms with Crippen molar-refractivity contribution in [3.63, 3.8) is 0 Å². The number of nitrogens with zero attached hydrogens (tertiary/aromatic N) is 2. The molecule has 8 nitrogen and oxygen atoms in total. The van der Waals surface area contributed by atoms with Crippen molar-refractivity contribution in [2.24, 2.45) is 0 Å². The minimum atomic E-state index is -0.0486. The summed E-state index contributed by atoms with van der Waals surface area (Å²) in [4.78, 5) is 26.6. The van der Waals surface area contributed by atoms with Crippen molar-refractivity contribution in [1.82, 2.24) is 9.80 Å². The van der Waals surface area contributed by atoms with Gasteiger partial charge in [-0.15, -0.1) is 0 Å². The van der Waals surface area contributed by atoms with Crippen molar-refractivity contribution in [3.05, 3.63) is 23.8 Å². The van der Waals surface area contributed by atoms with Crippen LogP contribution in [0.4, 0.5) is 0 Å². The average molecular weight is 378 g/mol. The molecule has 27 heavy (non-hydrogen) atoms. The second-order valence-corrected chi connectivity index (χ2v) is 5.93. The topological polar surface area (TPSA) is 77.5 Å². The van der Waals surface area contributed by atoms with Crippen molar-refractivity contribution >= 4 is 18.5 Å². The maximum Gasteiger partial charge on any atom is 0.293 e. The zero-order valence-corrected chi connectivity index (χ0v) is 16.0. The molecule has 0 bridgehead atoms. The van der Waals surface area contributed by atoms with Gasteiger partial charge in [0, 0.05) is 38.8 Å². The molecule has 0 unspecified atom stereocenters. The van der Waals surface area contributed by atoms with E-state index < -0.39 is 0 Å². The quantitative estimate of drug-likeness (QED) is 0.361. The minimum Gasteiger partial charge on any atom is -0.493 e. The Morgan fingerprint density at radius 3 is 2.19 bits per heavy atom. The first-order valence-electron chi connectivity index (χ1n) is 8.67. The first-order chi connectivity index (χ1) is 13.1. The molecule has 8 heteroatoms. The fraction of sp³-hybridized carbons (Fsp3) is 0.474. The maximum absolute atomic E-state index is 12.4. The van der Waals surface area contributed by atoms with Gasteiger partial charge in [-0.2, -0.15) is 0 Å². The Bertz CT molecular complexity index is 643. The molecule has 1 aliphatic rings. The number of methoxy groups -OCH3 is 3. The van der Waals surface area contributed by atoms with Gasteiger partial charge in [0.2, 0.25) is 11.7 Å². The Balaban J connectivity index is 1.96. The van der Waals surface area contributed by atoms with Crippen LogP contribution < -0.4 is 14.2 Å². The summed E-state index contributed by atoms with van der Waals surface area (Å²) in [6, 6.07) is 3.58. The van der Waals surface area contributed by atoms with Gasteiger partial charge in [-0.05, 0) is 23.8 Å². The number of amides is 1. The standard InChI is InChI=1S/C19H26N2O6/c1-24-16-12-15(13-17(25-2)19(16)26-3)4-5-18(23)21-8-6-20(7-9-21)10-11-27-14-22/h4-5,12-14H,6-11H2,1-3H3. The van der Waals surface area contributed by atoms with Crippen molar-refractivity contribution in [2.75, 3.05) is 60.7 Å². The highest BCUT2D eigenvalue weighted by Crippen LogP contribution is 2.38. The van der Waals surface area contributed by atoms with E-state index in [0.717, 1.165) is 18.7 Å². The Kier molecular flexibility index (Phi) is 7.94. The van der Waals surface area contributed by atoms with Crippen molar-refractivity contribution < 1.29 is 28.5 Å². The van der Waals surface area contributed by atoms with Gasteiger partial charge < -0.3 is 23.8 Å². The Labute approximate surface area is 159 Å². The van der Waals surface area contributed by atoms with Crippen LogP contribution >= 0.6 is 0 Å². The summed E-state index contributed by atoms with van der Waals surface area (Å²) in [5.41, 5.74) is 0.780. The molecule has 0 atom stereocenters. The highest BCUT2D eigenvalue weighted by molar-refractivity contribution is 5.92. The van der Waals surface area contributed by atoms with Gasteiger partial charge in [0.15, 0.2) is 11.5 Å². The number of carbonyl (C=O) groups is 2. The fourth-order valence-corrected chi connectivity index (χ4v) is 2.89. The van der Waals surface area contributed by atoms with Crippen LogP contribution in [0.25, 0.3) is 6.08 Å². The van der Waals surface area contributed by atoms with E-state index in [4.69, 9.17) is 18.9 Å². The van der Waals surface area contributed by atoms with Crippen LogP contribution in [0.1, 0.15) is 5.56 Å². The van der Waals surface area contributed by atoms with Crippen LogP contribution in [0, 0.1) is 0 Å². The smallest absolute Gasteiger partial charge is 0.293 e. The lowest BCUT2D eigenvalue weighted by Gasteiger charge is -2.33. The first kappa shape index (κ1) is 20.6. The number of carbonyl (C=O) groups excluding carboxylic acids is 2. The molecule has 0 aliphatic carbocycles. The zero-order valence-electron chi connectivity index (χ0n) is 16.0. The summed E-state index contributed by atoms with van der Waals surface area (Å²) in [6.07, 6.45) is 3.28. The second kappa shape index (κ2) is 10.4. The van der Waals surface area contributed by atoms with Gasteiger partial charge in [-0.1, -0.05) is 0 Å². The lowest BCUT2D eigenvalue weighted by atomic mass is 10.1. The summed E-state index contributed by atoms with van der Waals surface area (Å²) >= 11 is 0. The van der Waals surface area contributed by atoms with Gasteiger partial charge in [-0.3, -0.25) is 14.5 Å². The summed E-state index contributed by atoms with van der Waals surface area (Å²) in [7, 11) is 4.65. The molecule has 1 aromatic rings. The van der Waals surface area contributed by atoms with Gasteiger partial charge in [0.25, 0.3) is 6.47 Å². The lowest BCUT2D eigenvalue weighted by Crippen LogP contribution is -2.49. The molecule has 148 valence electrons. The first-order valence-corrected chi connectivity index (χ1v) is 8.67. The third-order valence-electron chi connectivity index (χ3n) is 4.38. The molecule has 1 amide bonds. The molecule has 0 radical (unpaired) electrons. The third-order valence-corrected chi connectivity index (χ3v) is 4.38. The number of ether oxygens (including phenoxy) is 4. The molecule has 2 rings (SSSR count). The monoisotopic (exact) mass is 378 g/mol. The van der Waals surface area contributed by atoms with E-state index in [0.29, 0.717) is 50.0 Å². The van der Waals surface area contributed by atoms with Crippen LogP contribution in [0.2, 0.25) is 0 Å². The average Bonchev–Trinajstić information content (AvgIpc) is 2.71. The molecule has 0 saturated carbocycles. The molecule has 1 aliphatic heterocycles. The van der Waals surface area contributed by atoms with Crippen LogP contribution in [0.5, 0.6) is 17.2 Å².